The topological polar surface area (TPSA) is 70.1 Å². The van der Waals surface area contributed by atoms with E-state index in [2.05, 4.69) is 0 Å². The predicted molar refractivity (Wildman–Crippen MR) is 136 cm³/mol. The second kappa shape index (κ2) is 10.3. The first kappa shape index (κ1) is 24.5. The number of fused-ring (bicyclic) bond motifs is 1. The van der Waals surface area contributed by atoms with Gasteiger partial charge in [-0.25, -0.2) is 4.79 Å². The lowest BCUT2D eigenvalue weighted by Crippen LogP contribution is -2.52. The van der Waals surface area contributed by atoms with Gasteiger partial charge in [-0.2, -0.15) is 0 Å². The number of carbonyl (C=O) groups excluding carboxylic acids is 2. The van der Waals surface area contributed by atoms with E-state index in [9.17, 15) is 14.7 Å². The third-order valence-electron chi connectivity index (χ3n) is 6.07. The Labute approximate surface area is 206 Å². The zero-order valence-electron chi connectivity index (χ0n) is 20.4. The Balaban J connectivity index is 1.84. The van der Waals surface area contributed by atoms with E-state index in [1.54, 1.807) is 4.90 Å². The molecule has 0 aromatic heterocycles. The zero-order chi connectivity index (χ0) is 25.0. The van der Waals surface area contributed by atoms with Crippen molar-refractivity contribution in [2.24, 2.45) is 0 Å². The van der Waals surface area contributed by atoms with Crippen LogP contribution >= 0.6 is 0 Å². The monoisotopic (exact) mass is 472 g/mol. The molecule has 182 valence electrons. The number of nitrogens with zero attached hydrogens (tertiary/aromatic N) is 2. The van der Waals surface area contributed by atoms with Crippen LogP contribution in [0.2, 0.25) is 0 Å². The van der Waals surface area contributed by atoms with Crippen LogP contribution in [0.15, 0.2) is 84.9 Å². The van der Waals surface area contributed by atoms with Crippen molar-refractivity contribution in [2.75, 3.05) is 11.5 Å². The molecule has 4 rings (SSSR count). The number of hydrogen-bond acceptors (Lipinski definition) is 4. The maximum Gasteiger partial charge on any atom is 0.415 e. The summed E-state index contributed by atoms with van der Waals surface area (Å²) in [6, 6.07) is 25.3. The fourth-order valence-corrected chi connectivity index (χ4v) is 4.49. The Morgan fingerprint density at radius 2 is 1.57 bits per heavy atom. The van der Waals surface area contributed by atoms with Gasteiger partial charge in [-0.1, -0.05) is 78.9 Å². The average Bonchev–Trinajstić information content (AvgIpc) is 2.95. The number of anilines is 1. The van der Waals surface area contributed by atoms with Crippen LogP contribution in [0, 0.1) is 0 Å². The maximum absolute atomic E-state index is 14.2. The molecule has 0 spiro atoms. The van der Waals surface area contributed by atoms with Crippen molar-refractivity contribution in [1.29, 1.82) is 0 Å². The maximum atomic E-state index is 14.2. The van der Waals surface area contributed by atoms with Gasteiger partial charge in [-0.15, -0.1) is 0 Å². The number of aliphatic hydroxyl groups is 1. The van der Waals surface area contributed by atoms with E-state index in [1.807, 2.05) is 106 Å². The summed E-state index contributed by atoms with van der Waals surface area (Å²) in [5.74, 6) is -0.237. The minimum absolute atomic E-state index is 0.234. The summed E-state index contributed by atoms with van der Waals surface area (Å²) in [5, 5.41) is 10.4. The Kier molecular flexibility index (Phi) is 7.22. The molecule has 0 unspecified atom stereocenters. The van der Waals surface area contributed by atoms with Crippen molar-refractivity contribution in [1.82, 2.24) is 4.90 Å². The van der Waals surface area contributed by atoms with Gasteiger partial charge < -0.3 is 14.7 Å². The number of carbonyl (C=O) groups is 2. The molecule has 6 heteroatoms. The number of aliphatic hydroxyl groups excluding tert-OH is 1. The number of hydrogen-bond donors (Lipinski definition) is 1. The number of benzene rings is 3. The molecule has 1 aliphatic rings. The van der Waals surface area contributed by atoms with Gasteiger partial charge in [0.05, 0.1) is 18.3 Å². The second-order valence-corrected chi connectivity index (χ2v) is 9.76. The lowest BCUT2D eigenvalue weighted by molar-refractivity contribution is -0.136. The van der Waals surface area contributed by atoms with E-state index in [4.69, 9.17) is 4.74 Å². The molecule has 0 saturated carbocycles. The summed E-state index contributed by atoms with van der Waals surface area (Å²) in [5.41, 5.74) is 2.50. The lowest BCUT2D eigenvalue weighted by atomic mass is 10.0. The number of rotatable bonds is 5. The van der Waals surface area contributed by atoms with E-state index >= 15 is 0 Å². The van der Waals surface area contributed by atoms with Gasteiger partial charge in [-0.05, 0) is 43.5 Å². The van der Waals surface area contributed by atoms with Gasteiger partial charge >= 0.3 is 6.09 Å². The summed E-state index contributed by atoms with van der Waals surface area (Å²) in [6.45, 7) is 5.46. The van der Waals surface area contributed by atoms with Crippen molar-refractivity contribution in [2.45, 2.75) is 51.4 Å². The van der Waals surface area contributed by atoms with E-state index in [1.165, 1.54) is 4.90 Å². The molecule has 0 aliphatic carbocycles. The molecular weight excluding hydrogens is 440 g/mol. The van der Waals surface area contributed by atoms with E-state index in [-0.39, 0.29) is 19.1 Å². The minimum Gasteiger partial charge on any atom is -0.443 e. The van der Waals surface area contributed by atoms with Gasteiger partial charge in [0.15, 0.2) is 0 Å². The van der Waals surface area contributed by atoms with E-state index < -0.39 is 23.8 Å². The van der Waals surface area contributed by atoms with E-state index in [0.717, 1.165) is 16.7 Å². The van der Waals surface area contributed by atoms with Crippen LogP contribution in [0.1, 0.15) is 43.5 Å². The number of ether oxygens (including phenoxy) is 1. The molecule has 0 fully saturated rings. The minimum atomic E-state index is -0.839. The summed E-state index contributed by atoms with van der Waals surface area (Å²) >= 11 is 0. The van der Waals surface area contributed by atoms with Crippen molar-refractivity contribution in [3.8, 4) is 0 Å². The van der Waals surface area contributed by atoms with Crippen molar-refractivity contribution >= 4 is 17.7 Å². The number of amides is 2. The molecule has 2 atom stereocenters. The highest BCUT2D eigenvalue weighted by Crippen LogP contribution is 2.35. The van der Waals surface area contributed by atoms with Gasteiger partial charge in [0.2, 0.25) is 5.91 Å². The molecule has 0 saturated heterocycles. The van der Waals surface area contributed by atoms with Crippen LogP contribution < -0.4 is 4.90 Å². The van der Waals surface area contributed by atoms with Crippen molar-refractivity contribution in [3.63, 3.8) is 0 Å². The molecule has 1 heterocycles. The van der Waals surface area contributed by atoms with Crippen LogP contribution in [0.5, 0.6) is 0 Å². The second-order valence-electron chi connectivity index (χ2n) is 9.76. The molecule has 3 aromatic carbocycles. The first-order valence-electron chi connectivity index (χ1n) is 11.9. The molecule has 35 heavy (non-hydrogen) atoms. The lowest BCUT2D eigenvalue weighted by Gasteiger charge is -2.35. The average molecular weight is 473 g/mol. The molecule has 0 radical (unpaired) electrons. The third kappa shape index (κ3) is 5.54. The fraction of sp³-hybridized carbons (Fsp3) is 0.310. The van der Waals surface area contributed by atoms with Crippen LogP contribution in [-0.4, -0.2) is 40.3 Å². The third-order valence-corrected chi connectivity index (χ3v) is 6.07. The first-order chi connectivity index (χ1) is 16.8. The quantitative estimate of drug-likeness (QED) is 0.560. The van der Waals surface area contributed by atoms with Gasteiger partial charge in [0.25, 0.3) is 0 Å². The fourth-order valence-electron chi connectivity index (χ4n) is 4.49. The van der Waals surface area contributed by atoms with Gasteiger partial charge in [-0.3, -0.25) is 9.69 Å². The van der Waals surface area contributed by atoms with Crippen molar-refractivity contribution in [3.05, 3.63) is 102 Å². The van der Waals surface area contributed by atoms with Crippen LogP contribution in [0.25, 0.3) is 0 Å². The molecule has 3 aromatic rings. The Morgan fingerprint density at radius 1 is 0.971 bits per heavy atom. The molecular formula is C29H32N2O4. The summed E-state index contributed by atoms with van der Waals surface area (Å²) in [7, 11) is 0. The van der Waals surface area contributed by atoms with Crippen LogP contribution in [0.4, 0.5) is 10.5 Å². The van der Waals surface area contributed by atoms with Gasteiger partial charge in [0.1, 0.15) is 11.6 Å². The highest BCUT2D eigenvalue weighted by atomic mass is 16.6. The predicted octanol–water partition coefficient (Wildman–Crippen LogP) is 5.12. The smallest absolute Gasteiger partial charge is 0.415 e. The zero-order valence-corrected chi connectivity index (χ0v) is 20.4. The summed E-state index contributed by atoms with van der Waals surface area (Å²) in [4.78, 5) is 31.0. The summed E-state index contributed by atoms with van der Waals surface area (Å²) in [6.07, 6.45) is -0.252. The van der Waals surface area contributed by atoms with Crippen molar-refractivity contribution < 1.29 is 19.4 Å². The molecule has 2 amide bonds. The highest BCUT2D eigenvalue weighted by molar-refractivity contribution is 5.99. The van der Waals surface area contributed by atoms with E-state index in [0.29, 0.717) is 12.1 Å². The number of para-hydroxylation sites is 1. The molecule has 1 aliphatic heterocycles. The Hall–Kier alpha value is -3.64. The first-order valence-corrected chi connectivity index (χ1v) is 11.9. The standard InChI is InChI=1S/C29H32N2O4/c1-29(2,3)35-28(34)31-24-17-11-10-16-23(24)19-30(26(20-32)22-14-8-5-9-15-22)27(33)25(31)18-21-12-6-4-7-13-21/h4-17,25-26,32H,18-20H2,1-3H3/t25-,26+/m1/s1. The van der Waals surface area contributed by atoms with Crippen LogP contribution in [0.3, 0.4) is 0 Å². The Bertz CT molecular complexity index is 1160. The Morgan fingerprint density at radius 3 is 2.20 bits per heavy atom. The molecule has 1 N–H and O–H groups in total. The van der Waals surface area contributed by atoms with Gasteiger partial charge in [0, 0.05) is 13.0 Å². The van der Waals surface area contributed by atoms with Crippen LogP contribution in [-0.2, 0) is 22.5 Å². The summed E-state index contributed by atoms with van der Waals surface area (Å²) < 4.78 is 5.78. The SMILES string of the molecule is CC(C)(C)OC(=O)N1c2ccccc2CN([C@@H](CO)c2ccccc2)C(=O)[C@H]1Cc1ccccc1. The molecule has 6 nitrogen and oxygen atoms in total. The normalized spacial score (nSPS) is 16.9. The largest absolute Gasteiger partial charge is 0.443 e. The molecule has 0 bridgehead atoms. The highest BCUT2D eigenvalue weighted by Gasteiger charge is 2.42.